The molecule has 1 saturated heterocycles. The number of hydrogen-bond acceptors (Lipinski definition) is 3. The standard InChI is InChI=1S/C17H26FN3O2/c1-12(2)11-21-8-6-14(7-9-21)19-17(22)20-15-5-4-13(18)10-16(15)23-3/h4-5,10,12,14H,6-9,11H2,1-3H3,(H2,19,20,22). The third-order valence-electron chi connectivity index (χ3n) is 3.96. The number of methoxy groups -OCH3 is 1. The molecule has 2 amide bonds. The first-order valence-corrected chi connectivity index (χ1v) is 8.11. The van der Waals surface area contributed by atoms with Crippen LogP contribution in [0.4, 0.5) is 14.9 Å². The number of nitrogens with zero attached hydrogens (tertiary/aromatic N) is 1. The van der Waals surface area contributed by atoms with Crippen LogP contribution in [-0.4, -0.2) is 43.7 Å². The lowest BCUT2D eigenvalue weighted by Gasteiger charge is -2.33. The monoisotopic (exact) mass is 323 g/mol. The Kier molecular flexibility index (Phi) is 6.21. The van der Waals surface area contributed by atoms with Gasteiger partial charge in [-0.1, -0.05) is 13.8 Å². The Hall–Kier alpha value is -1.82. The molecule has 0 saturated carbocycles. The molecular weight excluding hydrogens is 297 g/mol. The van der Waals surface area contributed by atoms with Gasteiger partial charge < -0.3 is 20.3 Å². The normalized spacial score (nSPS) is 16.4. The van der Waals surface area contributed by atoms with Crippen molar-refractivity contribution in [1.82, 2.24) is 10.2 Å². The molecule has 0 aromatic heterocycles. The summed E-state index contributed by atoms with van der Waals surface area (Å²) in [6.45, 7) is 7.54. The minimum absolute atomic E-state index is 0.171. The van der Waals surface area contributed by atoms with Crippen molar-refractivity contribution in [2.45, 2.75) is 32.7 Å². The van der Waals surface area contributed by atoms with Gasteiger partial charge in [0.15, 0.2) is 0 Å². The Morgan fingerprint density at radius 1 is 1.39 bits per heavy atom. The van der Waals surface area contributed by atoms with Gasteiger partial charge in [0.1, 0.15) is 11.6 Å². The molecule has 1 aromatic carbocycles. The number of piperidine rings is 1. The van der Waals surface area contributed by atoms with Crippen LogP contribution in [0, 0.1) is 11.7 Å². The zero-order valence-electron chi connectivity index (χ0n) is 14.1. The molecule has 0 unspecified atom stereocenters. The average Bonchev–Trinajstić information content (AvgIpc) is 2.50. The zero-order valence-corrected chi connectivity index (χ0v) is 14.1. The van der Waals surface area contributed by atoms with Gasteiger partial charge in [-0.3, -0.25) is 0 Å². The molecule has 2 rings (SSSR count). The van der Waals surface area contributed by atoms with Crippen molar-refractivity contribution in [3.05, 3.63) is 24.0 Å². The van der Waals surface area contributed by atoms with E-state index in [0.29, 0.717) is 17.4 Å². The molecule has 0 spiro atoms. The summed E-state index contributed by atoms with van der Waals surface area (Å²) in [6.07, 6.45) is 1.89. The number of benzene rings is 1. The van der Waals surface area contributed by atoms with Crippen molar-refractivity contribution >= 4 is 11.7 Å². The van der Waals surface area contributed by atoms with Crippen molar-refractivity contribution in [2.75, 3.05) is 32.1 Å². The van der Waals surface area contributed by atoms with E-state index in [1.807, 2.05) is 0 Å². The molecule has 0 aliphatic carbocycles. The third kappa shape index (κ3) is 5.39. The topological polar surface area (TPSA) is 53.6 Å². The predicted molar refractivity (Wildman–Crippen MR) is 89.4 cm³/mol. The lowest BCUT2D eigenvalue weighted by molar-refractivity contribution is 0.180. The molecule has 1 aliphatic heterocycles. The minimum Gasteiger partial charge on any atom is -0.494 e. The van der Waals surface area contributed by atoms with Gasteiger partial charge in [0.05, 0.1) is 12.8 Å². The van der Waals surface area contributed by atoms with E-state index in [1.54, 1.807) is 0 Å². The molecule has 0 atom stereocenters. The number of carbonyl (C=O) groups excluding carboxylic acids is 1. The van der Waals surface area contributed by atoms with Crippen molar-refractivity contribution < 1.29 is 13.9 Å². The molecule has 2 N–H and O–H groups in total. The SMILES string of the molecule is COc1cc(F)ccc1NC(=O)NC1CCN(CC(C)C)CC1. The highest BCUT2D eigenvalue weighted by molar-refractivity contribution is 5.91. The molecule has 1 fully saturated rings. The van der Waals surface area contributed by atoms with Crippen LogP contribution in [0.25, 0.3) is 0 Å². The summed E-state index contributed by atoms with van der Waals surface area (Å²) in [4.78, 5) is 14.5. The first kappa shape index (κ1) is 17.5. The van der Waals surface area contributed by atoms with E-state index in [1.165, 1.54) is 25.3 Å². The molecule has 1 heterocycles. The first-order valence-electron chi connectivity index (χ1n) is 8.11. The number of urea groups is 1. The van der Waals surface area contributed by atoms with Crippen LogP contribution in [0.5, 0.6) is 5.75 Å². The Bertz CT molecular complexity index is 529. The maximum absolute atomic E-state index is 13.2. The number of hydrogen-bond donors (Lipinski definition) is 2. The first-order chi connectivity index (χ1) is 11.0. The van der Waals surface area contributed by atoms with Crippen molar-refractivity contribution in [2.24, 2.45) is 5.92 Å². The highest BCUT2D eigenvalue weighted by Gasteiger charge is 2.21. The Morgan fingerprint density at radius 2 is 2.09 bits per heavy atom. The van der Waals surface area contributed by atoms with Gasteiger partial charge in [-0.25, -0.2) is 9.18 Å². The number of anilines is 1. The van der Waals surface area contributed by atoms with E-state index < -0.39 is 5.82 Å². The number of amides is 2. The second-order valence-electron chi connectivity index (χ2n) is 6.41. The number of rotatable bonds is 5. The van der Waals surface area contributed by atoms with E-state index in [4.69, 9.17) is 4.74 Å². The molecule has 1 aromatic rings. The van der Waals surface area contributed by atoms with Gasteiger partial charge >= 0.3 is 6.03 Å². The number of likely N-dealkylation sites (tertiary alicyclic amines) is 1. The zero-order chi connectivity index (χ0) is 16.8. The van der Waals surface area contributed by atoms with Crippen LogP contribution in [-0.2, 0) is 0 Å². The maximum Gasteiger partial charge on any atom is 0.319 e. The largest absolute Gasteiger partial charge is 0.494 e. The van der Waals surface area contributed by atoms with Gasteiger partial charge in [-0.2, -0.15) is 0 Å². The lowest BCUT2D eigenvalue weighted by atomic mass is 10.0. The summed E-state index contributed by atoms with van der Waals surface area (Å²) < 4.78 is 18.2. The van der Waals surface area contributed by atoms with E-state index in [0.717, 1.165) is 32.5 Å². The summed E-state index contributed by atoms with van der Waals surface area (Å²) in [5.74, 6) is 0.575. The highest BCUT2D eigenvalue weighted by Crippen LogP contribution is 2.24. The van der Waals surface area contributed by atoms with Crippen LogP contribution < -0.4 is 15.4 Å². The van der Waals surface area contributed by atoms with Crippen LogP contribution in [0.1, 0.15) is 26.7 Å². The van der Waals surface area contributed by atoms with Crippen molar-refractivity contribution in [3.63, 3.8) is 0 Å². The number of carbonyl (C=O) groups is 1. The molecule has 5 nitrogen and oxygen atoms in total. The van der Waals surface area contributed by atoms with Crippen LogP contribution in [0.2, 0.25) is 0 Å². The van der Waals surface area contributed by atoms with Crippen molar-refractivity contribution in [1.29, 1.82) is 0 Å². The second-order valence-corrected chi connectivity index (χ2v) is 6.41. The predicted octanol–water partition coefficient (Wildman–Crippen LogP) is 3.08. The van der Waals surface area contributed by atoms with Gasteiger partial charge in [0.25, 0.3) is 0 Å². The summed E-state index contributed by atoms with van der Waals surface area (Å²) >= 11 is 0. The summed E-state index contributed by atoms with van der Waals surface area (Å²) in [5, 5.41) is 5.71. The van der Waals surface area contributed by atoms with Gasteiger partial charge in [-0.15, -0.1) is 0 Å². The van der Waals surface area contributed by atoms with Crippen LogP contribution in [0.3, 0.4) is 0 Å². The Labute approximate surface area is 137 Å². The van der Waals surface area contributed by atoms with Gasteiger partial charge in [-0.05, 0) is 30.9 Å². The van der Waals surface area contributed by atoms with Crippen LogP contribution >= 0.6 is 0 Å². The van der Waals surface area contributed by atoms with E-state index >= 15 is 0 Å². The van der Waals surface area contributed by atoms with Crippen molar-refractivity contribution in [3.8, 4) is 5.75 Å². The fraction of sp³-hybridized carbons (Fsp3) is 0.588. The molecule has 0 radical (unpaired) electrons. The number of ether oxygens (including phenoxy) is 1. The molecule has 128 valence electrons. The quantitative estimate of drug-likeness (QED) is 0.875. The fourth-order valence-corrected chi connectivity index (χ4v) is 2.89. The number of halogens is 1. The van der Waals surface area contributed by atoms with E-state index in [2.05, 4.69) is 29.4 Å². The van der Waals surface area contributed by atoms with Gasteiger partial charge in [0, 0.05) is 31.7 Å². The lowest BCUT2D eigenvalue weighted by Crippen LogP contribution is -2.46. The molecule has 23 heavy (non-hydrogen) atoms. The molecule has 1 aliphatic rings. The maximum atomic E-state index is 13.2. The fourth-order valence-electron chi connectivity index (χ4n) is 2.89. The summed E-state index contributed by atoms with van der Waals surface area (Å²) in [6, 6.07) is 3.93. The molecule has 6 heteroatoms. The Balaban J connectivity index is 1.82. The van der Waals surface area contributed by atoms with Gasteiger partial charge in [0.2, 0.25) is 0 Å². The van der Waals surface area contributed by atoms with E-state index in [9.17, 15) is 9.18 Å². The van der Waals surface area contributed by atoms with Crippen LogP contribution in [0.15, 0.2) is 18.2 Å². The summed E-state index contributed by atoms with van der Waals surface area (Å²) in [7, 11) is 1.45. The highest BCUT2D eigenvalue weighted by atomic mass is 19.1. The summed E-state index contributed by atoms with van der Waals surface area (Å²) in [5.41, 5.74) is 0.462. The molecular formula is C17H26FN3O2. The van der Waals surface area contributed by atoms with E-state index in [-0.39, 0.29) is 12.1 Å². The number of nitrogens with one attached hydrogen (secondary N) is 2. The minimum atomic E-state index is -0.398. The third-order valence-corrected chi connectivity index (χ3v) is 3.96. The second kappa shape index (κ2) is 8.15. The smallest absolute Gasteiger partial charge is 0.319 e. The average molecular weight is 323 g/mol. The Morgan fingerprint density at radius 3 is 2.70 bits per heavy atom. The molecule has 0 bridgehead atoms.